The molecule has 0 spiro atoms. The summed E-state index contributed by atoms with van der Waals surface area (Å²) in [6.45, 7) is 1.76. The van der Waals surface area contributed by atoms with Crippen LogP contribution < -0.4 is 15.5 Å². The van der Waals surface area contributed by atoms with Crippen LogP contribution in [-0.4, -0.2) is 23.0 Å². The molecule has 0 aromatic heterocycles. The van der Waals surface area contributed by atoms with E-state index in [4.69, 9.17) is 4.74 Å². The Bertz CT molecular complexity index is 1200. The SMILES string of the molecule is CC(C(=O)NN=Cc1ccc(OCc2ccc([N+](=O)[O-])cc2)cc1)C(=O)Nc1ccccc1Br. The number of rotatable bonds is 9. The number of para-hydroxylation sites is 1. The van der Waals surface area contributed by atoms with Crippen molar-refractivity contribution in [1.29, 1.82) is 0 Å². The molecule has 0 saturated heterocycles. The van der Waals surface area contributed by atoms with Crippen molar-refractivity contribution >= 4 is 45.3 Å². The average molecular weight is 525 g/mol. The lowest BCUT2D eigenvalue weighted by Gasteiger charge is -2.11. The van der Waals surface area contributed by atoms with Gasteiger partial charge in [0, 0.05) is 16.6 Å². The van der Waals surface area contributed by atoms with Crippen LogP contribution in [0.1, 0.15) is 18.1 Å². The number of amides is 2. The van der Waals surface area contributed by atoms with E-state index in [1.165, 1.54) is 25.3 Å². The van der Waals surface area contributed by atoms with Gasteiger partial charge in [-0.1, -0.05) is 12.1 Å². The first-order valence-electron chi connectivity index (χ1n) is 10.2. The van der Waals surface area contributed by atoms with Gasteiger partial charge in [0.15, 0.2) is 0 Å². The minimum Gasteiger partial charge on any atom is -0.489 e. The number of hydrogen-bond donors (Lipinski definition) is 2. The second kappa shape index (κ2) is 11.7. The number of nitro benzene ring substituents is 1. The van der Waals surface area contributed by atoms with Crippen LogP contribution in [0.5, 0.6) is 5.75 Å². The van der Waals surface area contributed by atoms with Crippen LogP contribution in [0.25, 0.3) is 0 Å². The van der Waals surface area contributed by atoms with E-state index < -0.39 is 22.7 Å². The standard InChI is InChI=1S/C24H21BrN4O5/c1-16(23(30)27-22-5-3-2-4-21(22)25)24(31)28-26-14-17-8-12-20(13-9-17)34-15-18-6-10-19(11-7-18)29(32)33/h2-14,16H,15H2,1H3,(H,27,30)(H,28,31). The summed E-state index contributed by atoms with van der Waals surface area (Å²) in [6, 6.07) is 20.2. The van der Waals surface area contributed by atoms with E-state index in [2.05, 4.69) is 31.8 Å². The smallest absolute Gasteiger partial charge is 0.269 e. The number of non-ortho nitro benzene ring substituents is 1. The van der Waals surface area contributed by atoms with E-state index in [9.17, 15) is 19.7 Å². The predicted octanol–water partition coefficient (Wildman–Crippen LogP) is 4.66. The predicted molar refractivity (Wildman–Crippen MR) is 132 cm³/mol. The Hall–Kier alpha value is -4.05. The first-order valence-corrected chi connectivity index (χ1v) is 11.0. The molecule has 10 heteroatoms. The first kappa shape index (κ1) is 24.6. The van der Waals surface area contributed by atoms with Gasteiger partial charge in [-0.2, -0.15) is 5.10 Å². The van der Waals surface area contributed by atoms with Crippen molar-refractivity contribution < 1.29 is 19.2 Å². The van der Waals surface area contributed by atoms with Crippen LogP contribution in [0.3, 0.4) is 0 Å². The lowest BCUT2D eigenvalue weighted by Crippen LogP contribution is -2.34. The molecular formula is C24H21BrN4O5. The molecule has 0 aliphatic rings. The minimum atomic E-state index is -0.945. The normalized spacial score (nSPS) is 11.6. The molecule has 0 fully saturated rings. The van der Waals surface area contributed by atoms with Crippen molar-refractivity contribution in [2.24, 2.45) is 11.0 Å². The number of benzene rings is 3. The number of carbonyl (C=O) groups is 2. The summed E-state index contributed by atoms with van der Waals surface area (Å²) in [7, 11) is 0. The molecule has 2 amide bonds. The molecule has 3 rings (SSSR count). The summed E-state index contributed by atoms with van der Waals surface area (Å²) in [6.07, 6.45) is 1.45. The Labute approximate surface area is 204 Å². The third-order valence-electron chi connectivity index (χ3n) is 4.74. The highest BCUT2D eigenvalue weighted by atomic mass is 79.9. The number of carbonyl (C=O) groups excluding carboxylic acids is 2. The van der Waals surface area contributed by atoms with E-state index in [0.29, 0.717) is 21.5 Å². The van der Waals surface area contributed by atoms with Crippen molar-refractivity contribution in [2.75, 3.05) is 5.32 Å². The van der Waals surface area contributed by atoms with E-state index in [1.807, 2.05) is 6.07 Å². The lowest BCUT2D eigenvalue weighted by molar-refractivity contribution is -0.384. The van der Waals surface area contributed by atoms with Crippen LogP contribution in [-0.2, 0) is 16.2 Å². The summed E-state index contributed by atoms with van der Waals surface area (Å²) >= 11 is 3.34. The largest absolute Gasteiger partial charge is 0.489 e. The maximum atomic E-state index is 12.3. The van der Waals surface area contributed by atoms with Gasteiger partial charge >= 0.3 is 0 Å². The number of nitrogens with zero attached hydrogens (tertiary/aromatic N) is 2. The van der Waals surface area contributed by atoms with Crippen molar-refractivity contribution in [3.8, 4) is 5.75 Å². The molecule has 0 bridgehead atoms. The zero-order valence-corrected chi connectivity index (χ0v) is 19.7. The third-order valence-corrected chi connectivity index (χ3v) is 5.43. The zero-order valence-electron chi connectivity index (χ0n) is 18.1. The molecule has 9 nitrogen and oxygen atoms in total. The van der Waals surface area contributed by atoms with Crippen molar-refractivity contribution in [3.63, 3.8) is 0 Å². The fraction of sp³-hybridized carbons (Fsp3) is 0.125. The summed E-state index contributed by atoms with van der Waals surface area (Å²) in [4.78, 5) is 34.8. The molecule has 0 aliphatic heterocycles. The molecular weight excluding hydrogens is 504 g/mol. The fourth-order valence-electron chi connectivity index (χ4n) is 2.72. The Morgan fingerprint density at radius 3 is 2.38 bits per heavy atom. The molecule has 1 atom stereocenters. The van der Waals surface area contributed by atoms with Gasteiger partial charge in [0.25, 0.3) is 11.6 Å². The quantitative estimate of drug-likeness (QED) is 0.182. The molecule has 1 unspecified atom stereocenters. The molecule has 0 radical (unpaired) electrons. The average Bonchev–Trinajstić information content (AvgIpc) is 2.84. The Balaban J connectivity index is 1.47. The molecule has 3 aromatic rings. The van der Waals surface area contributed by atoms with Crippen LogP contribution in [0.4, 0.5) is 11.4 Å². The van der Waals surface area contributed by atoms with Crippen LogP contribution in [0, 0.1) is 16.0 Å². The second-order valence-electron chi connectivity index (χ2n) is 7.21. The summed E-state index contributed by atoms with van der Waals surface area (Å²) < 4.78 is 6.39. The Morgan fingerprint density at radius 1 is 1.06 bits per heavy atom. The highest BCUT2D eigenvalue weighted by Crippen LogP contribution is 2.22. The third kappa shape index (κ3) is 6.97. The number of ether oxygens (including phenoxy) is 1. The molecule has 0 aliphatic carbocycles. The van der Waals surface area contributed by atoms with Gasteiger partial charge in [-0.3, -0.25) is 19.7 Å². The van der Waals surface area contributed by atoms with Crippen LogP contribution in [0.15, 0.2) is 82.4 Å². The highest BCUT2D eigenvalue weighted by molar-refractivity contribution is 9.10. The molecule has 0 heterocycles. The molecule has 174 valence electrons. The second-order valence-corrected chi connectivity index (χ2v) is 8.06. The number of hydrogen-bond acceptors (Lipinski definition) is 6. The molecule has 0 saturated carbocycles. The highest BCUT2D eigenvalue weighted by Gasteiger charge is 2.21. The number of halogens is 1. The zero-order chi connectivity index (χ0) is 24.5. The maximum absolute atomic E-state index is 12.3. The minimum absolute atomic E-state index is 0.0266. The molecule has 2 N–H and O–H groups in total. The summed E-state index contributed by atoms with van der Waals surface area (Å²) in [5.41, 5.74) is 4.49. The van der Waals surface area contributed by atoms with Gasteiger partial charge in [-0.25, -0.2) is 5.43 Å². The van der Waals surface area contributed by atoms with Gasteiger partial charge in [0.1, 0.15) is 18.3 Å². The van der Waals surface area contributed by atoms with Crippen LogP contribution >= 0.6 is 15.9 Å². The number of anilines is 1. The van der Waals surface area contributed by atoms with Gasteiger partial charge < -0.3 is 10.1 Å². The van der Waals surface area contributed by atoms with E-state index in [1.54, 1.807) is 54.6 Å². The van der Waals surface area contributed by atoms with Gasteiger partial charge in [-0.15, -0.1) is 0 Å². The van der Waals surface area contributed by atoms with E-state index >= 15 is 0 Å². The molecule has 3 aromatic carbocycles. The lowest BCUT2D eigenvalue weighted by atomic mass is 10.1. The number of hydrazone groups is 1. The summed E-state index contributed by atoms with van der Waals surface area (Å²) in [5, 5.41) is 17.3. The topological polar surface area (TPSA) is 123 Å². The van der Waals surface area contributed by atoms with E-state index in [0.717, 1.165) is 5.56 Å². The first-order chi connectivity index (χ1) is 16.3. The monoisotopic (exact) mass is 524 g/mol. The van der Waals surface area contributed by atoms with E-state index in [-0.39, 0.29) is 12.3 Å². The van der Waals surface area contributed by atoms with Crippen molar-refractivity contribution in [1.82, 2.24) is 5.43 Å². The van der Waals surface area contributed by atoms with Gasteiger partial charge in [-0.05, 0) is 82.5 Å². The fourth-order valence-corrected chi connectivity index (χ4v) is 3.10. The van der Waals surface area contributed by atoms with Gasteiger partial charge in [0.05, 0.1) is 16.8 Å². The molecule has 34 heavy (non-hydrogen) atoms. The van der Waals surface area contributed by atoms with Crippen molar-refractivity contribution in [3.05, 3.63) is 98.5 Å². The number of nitro groups is 1. The van der Waals surface area contributed by atoms with Crippen molar-refractivity contribution in [2.45, 2.75) is 13.5 Å². The Morgan fingerprint density at radius 2 is 1.74 bits per heavy atom. The summed E-state index contributed by atoms with van der Waals surface area (Å²) in [5.74, 6) is -1.32. The van der Waals surface area contributed by atoms with Crippen LogP contribution in [0.2, 0.25) is 0 Å². The van der Waals surface area contributed by atoms with Gasteiger partial charge in [0.2, 0.25) is 5.91 Å². The Kier molecular flexibility index (Phi) is 8.47. The maximum Gasteiger partial charge on any atom is 0.269 e. The number of nitrogens with one attached hydrogen (secondary N) is 2.